The summed E-state index contributed by atoms with van der Waals surface area (Å²) in [6.07, 6.45) is 2.96. The fraction of sp³-hybridized carbons (Fsp3) is 0.250. The van der Waals surface area contributed by atoms with Crippen molar-refractivity contribution in [2.24, 2.45) is 11.5 Å². The molecule has 17 heteroatoms. The summed E-state index contributed by atoms with van der Waals surface area (Å²) in [7, 11) is 0. The lowest BCUT2D eigenvalue weighted by molar-refractivity contribution is -0.137. The van der Waals surface area contributed by atoms with Crippen LogP contribution in [0.15, 0.2) is 138 Å². The number of benzene rings is 5. The third kappa shape index (κ3) is 12.8. The Morgan fingerprint density at radius 1 is 0.710 bits per heavy atom. The van der Waals surface area contributed by atoms with E-state index in [-0.39, 0.29) is 74.6 Å². The second-order valence-electron chi connectivity index (χ2n) is 17.1. The van der Waals surface area contributed by atoms with Crippen LogP contribution in [0.25, 0.3) is 10.9 Å². The number of H-pyrrole nitrogens is 1. The molecule has 0 spiro atoms. The molecule has 1 unspecified atom stereocenters. The number of aromatic amines is 1. The Hall–Kier alpha value is -7.79. The molecule has 0 radical (unpaired) electrons. The number of carbonyl (C=O) groups excluding carboxylic acids is 6. The molecular weight excluding hydrogens is 941 g/mol. The van der Waals surface area contributed by atoms with Gasteiger partial charge in [0.05, 0.1) is 17.7 Å². The third-order valence-corrected chi connectivity index (χ3v) is 13.0. The van der Waals surface area contributed by atoms with Gasteiger partial charge in [0, 0.05) is 47.4 Å². The summed E-state index contributed by atoms with van der Waals surface area (Å²) in [5.41, 5.74) is 14.9. The number of primary amides is 1. The highest BCUT2D eigenvalue weighted by Gasteiger charge is 2.44. The highest BCUT2D eigenvalue weighted by Crippen LogP contribution is 2.34. The van der Waals surface area contributed by atoms with E-state index >= 15 is 0 Å². The van der Waals surface area contributed by atoms with E-state index < -0.39 is 53.2 Å². The number of hydrogen-bond donors (Lipinski definition) is 10. The smallest absolute Gasteiger partial charge is 0.250 e. The van der Waals surface area contributed by atoms with Crippen LogP contribution < -0.4 is 43.4 Å². The molecule has 16 nitrogen and oxygen atoms in total. The highest BCUT2D eigenvalue weighted by atomic mass is 79.9. The molecule has 0 aliphatic heterocycles. The van der Waals surface area contributed by atoms with Crippen LogP contribution in [0.2, 0.25) is 0 Å². The van der Waals surface area contributed by atoms with Crippen molar-refractivity contribution < 1.29 is 28.8 Å². The summed E-state index contributed by atoms with van der Waals surface area (Å²) in [5.74, 6) is -4.02. The molecule has 0 saturated carbocycles. The summed E-state index contributed by atoms with van der Waals surface area (Å²) in [4.78, 5) is 88.0. The first kappa shape index (κ1) is 49.1. The average molecular weight is 996 g/mol. The molecule has 1 aliphatic rings. The van der Waals surface area contributed by atoms with Gasteiger partial charge in [-0.2, -0.15) is 0 Å². The molecule has 1 heterocycles. The number of aromatic nitrogens is 1. The van der Waals surface area contributed by atoms with E-state index in [1.165, 1.54) is 12.1 Å². The summed E-state index contributed by atoms with van der Waals surface area (Å²) in [6, 6.07) is 34.0. The van der Waals surface area contributed by atoms with E-state index in [0.29, 0.717) is 12.0 Å². The van der Waals surface area contributed by atoms with Crippen LogP contribution in [0.1, 0.15) is 57.4 Å². The van der Waals surface area contributed by atoms with Crippen molar-refractivity contribution in [1.82, 2.24) is 31.6 Å². The maximum atomic E-state index is 15.0. The van der Waals surface area contributed by atoms with Gasteiger partial charge in [-0.25, -0.2) is 0 Å². The predicted molar refractivity (Wildman–Crippen MR) is 268 cm³/mol. The number of nitrogens with one attached hydrogen (secondary N) is 8. The van der Waals surface area contributed by atoms with E-state index in [4.69, 9.17) is 16.9 Å². The molecule has 4 atom stereocenters. The molecule has 6 amide bonds. The number of rotatable bonds is 20. The normalized spacial score (nSPS) is 15.3. The number of guanidine groups is 1. The van der Waals surface area contributed by atoms with Crippen LogP contribution in [0.5, 0.6) is 0 Å². The van der Waals surface area contributed by atoms with Gasteiger partial charge in [-0.3, -0.25) is 34.2 Å². The van der Waals surface area contributed by atoms with Gasteiger partial charge in [0.1, 0.15) is 23.7 Å². The van der Waals surface area contributed by atoms with Gasteiger partial charge in [-0.05, 0) is 77.8 Å². The zero-order valence-electron chi connectivity index (χ0n) is 37.8. The minimum absolute atomic E-state index is 0.0113. The highest BCUT2D eigenvalue weighted by molar-refractivity contribution is 9.10. The fourth-order valence-corrected chi connectivity index (χ4v) is 9.31. The maximum absolute atomic E-state index is 15.0. The number of amides is 6. The molecule has 5 aromatic carbocycles. The first-order valence-corrected chi connectivity index (χ1v) is 23.5. The summed E-state index contributed by atoms with van der Waals surface area (Å²) in [5, 5.41) is 25.8. The number of nitrogens with two attached hydrogens (primary N) is 2. The van der Waals surface area contributed by atoms with Crippen LogP contribution in [0.3, 0.4) is 0 Å². The number of para-hydroxylation sites is 2. The van der Waals surface area contributed by atoms with E-state index in [1.54, 1.807) is 18.3 Å². The van der Waals surface area contributed by atoms with E-state index in [9.17, 15) is 28.8 Å². The maximum Gasteiger partial charge on any atom is 0.250 e. The SMILES string of the molecule is N=C(N)NCCC[C@H](NC(=O)[C@@H](Cc1ccccc1)NC(=O)C1(NC(=O)Cc2ccccc2)CCc2c(Br)cccc2C1)C(=O)N[C@@H](Cc1c[nH]c2ccccc12)C(=O)Nc1ccccc1C(N)=O. The van der Waals surface area contributed by atoms with Crippen molar-refractivity contribution in [3.05, 3.63) is 171 Å². The van der Waals surface area contributed by atoms with Gasteiger partial charge in [-0.15, -0.1) is 0 Å². The second-order valence-corrected chi connectivity index (χ2v) is 18.0. The van der Waals surface area contributed by atoms with Crippen molar-refractivity contribution in [3.8, 4) is 0 Å². The fourth-order valence-electron chi connectivity index (χ4n) is 8.71. The van der Waals surface area contributed by atoms with Crippen LogP contribution in [-0.2, 0) is 56.1 Å². The van der Waals surface area contributed by atoms with Gasteiger partial charge in [0.15, 0.2) is 5.96 Å². The number of fused-ring (bicyclic) bond motifs is 2. The Balaban J connectivity index is 1.18. The first-order chi connectivity index (χ1) is 33.3. The van der Waals surface area contributed by atoms with Gasteiger partial charge in [-0.1, -0.05) is 119 Å². The minimum Gasteiger partial charge on any atom is -0.370 e. The minimum atomic E-state index is -1.44. The zero-order chi connectivity index (χ0) is 48.9. The molecule has 0 saturated heterocycles. The van der Waals surface area contributed by atoms with Crippen molar-refractivity contribution >= 4 is 73.9 Å². The Morgan fingerprint density at radius 3 is 2.10 bits per heavy atom. The lowest BCUT2D eigenvalue weighted by Crippen LogP contribution is -2.65. The molecule has 6 aromatic rings. The summed E-state index contributed by atoms with van der Waals surface area (Å²) in [6.45, 7) is 0.186. The predicted octanol–water partition coefficient (Wildman–Crippen LogP) is 4.46. The molecule has 0 bridgehead atoms. The van der Waals surface area contributed by atoms with Crippen LogP contribution >= 0.6 is 15.9 Å². The first-order valence-electron chi connectivity index (χ1n) is 22.7. The van der Waals surface area contributed by atoms with Gasteiger partial charge >= 0.3 is 0 Å². The molecule has 1 aliphatic carbocycles. The van der Waals surface area contributed by atoms with Crippen molar-refractivity contribution in [2.75, 3.05) is 11.9 Å². The van der Waals surface area contributed by atoms with Crippen LogP contribution in [0.4, 0.5) is 5.69 Å². The quantitative estimate of drug-likeness (QED) is 0.0296. The van der Waals surface area contributed by atoms with E-state index in [1.807, 2.05) is 103 Å². The van der Waals surface area contributed by atoms with E-state index in [0.717, 1.165) is 37.6 Å². The molecule has 69 heavy (non-hydrogen) atoms. The van der Waals surface area contributed by atoms with Crippen molar-refractivity contribution in [3.63, 3.8) is 0 Å². The monoisotopic (exact) mass is 994 g/mol. The Morgan fingerprint density at radius 2 is 1.36 bits per heavy atom. The van der Waals surface area contributed by atoms with E-state index in [2.05, 4.69) is 52.8 Å². The standard InChI is InChI=1S/C52H55BrN10O6/c53-39-20-11-17-34-30-52(25-24-36(34)39,63-45(64)28-33-15-5-2-6-16-33)50(69)62-43(27-32-13-3-1-4-14-32)48(67)60-42(23-12-26-57-51(55)56)47(66)61-44(29-35-31-58-40-21-9-7-18-37(35)40)49(68)59-41-22-10-8-19-38(41)46(54)65/h1-11,13-22,31,42-44,58H,12,23-30H2,(H2,54,65)(H,59,68)(H,60,67)(H,61,66)(H,62,69)(H,63,64)(H4,55,56,57)/t42-,43+,44-,52?/m0/s1. The lowest BCUT2D eigenvalue weighted by Gasteiger charge is -2.39. The largest absolute Gasteiger partial charge is 0.370 e. The zero-order valence-corrected chi connectivity index (χ0v) is 39.4. The molecule has 0 fully saturated rings. The van der Waals surface area contributed by atoms with Crippen LogP contribution in [-0.4, -0.2) is 76.6 Å². The molecule has 356 valence electrons. The second kappa shape index (κ2) is 22.8. The molecule has 7 rings (SSSR count). The third-order valence-electron chi connectivity index (χ3n) is 12.2. The Labute approximate surface area is 407 Å². The molecule has 12 N–H and O–H groups in total. The summed E-state index contributed by atoms with van der Waals surface area (Å²) >= 11 is 3.65. The molecular formula is C52H55BrN10O6. The van der Waals surface area contributed by atoms with Crippen molar-refractivity contribution in [2.45, 2.75) is 75.0 Å². The lowest BCUT2D eigenvalue weighted by atomic mass is 9.76. The van der Waals surface area contributed by atoms with Gasteiger partial charge < -0.3 is 48.4 Å². The van der Waals surface area contributed by atoms with Crippen LogP contribution in [0, 0.1) is 5.41 Å². The number of hydrogen-bond acceptors (Lipinski definition) is 7. The summed E-state index contributed by atoms with van der Waals surface area (Å²) < 4.78 is 0.894. The van der Waals surface area contributed by atoms with Crippen molar-refractivity contribution in [1.29, 1.82) is 5.41 Å². The Bertz CT molecular complexity index is 2840. The molecule has 1 aromatic heterocycles. The average Bonchev–Trinajstić information content (AvgIpc) is 3.75. The number of anilines is 1. The topological polar surface area (TPSA) is 266 Å². The Kier molecular flexibility index (Phi) is 16.2. The van der Waals surface area contributed by atoms with Gasteiger partial charge in [0.2, 0.25) is 29.5 Å². The number of carbonyl (C=O) groups is 6. The van der Waals surface area contributed by atoms with Gasteiger partial charge in [0.25, 0.3) is 5.91 Å². The number of halogens is 1.